The SMILES string of the molecule is CC(c1ccnc(Cc2nc3ccc(-c4cc(N5CC(F)(F)C5)ncn4)cc3[nH]2)c1)N1CCNCC1. The van der Waals surface area contributed by atoms with Gasteiger partial charge in [0.15, 0.2) is 0 Å². The quantitative estimate of drug-likeness (QED) is 0.428. The number of hydrogen-bond donors (Lipinski definition) is 2. The second-order valence-electron chi connectivity index (χ2n) is 9.61. The Kier molecular flexibility index (Phi) is 5.85. The van der Waals surface area contributed by atoms with Crippen molar-refractivity contribution in [2.45, 2.75) is 25.3 Å². The molecule has 6 rings (SSSR count). The molecule has 186 valence electrons. The van der Waals surface area contributed by atoms with Crippen molar-refractivity contribution < 1.29 is 8.78 Å². The van der Waals surface area contributed by atoms with Gasteiger partial charge < -0.3 is 15.2 Å². The number of benzene rings is 1. The Morgan fingerprint density at radius 2 is 1.86 bits per heavy atom. The van der Waals surface area contributed by atoms with Crippen molar-refractivity contribution in [1.82, 2.24) is 35.1 Å². The average molecular weight is 491 g/mol. The van der Waals surface area contributed by atoms with Gasteiger partial charge >= 0.3 is 0 Å². The van der Waals surface area contributed by atoms with Crippen LogP contribution in [0.15, 0.2) is 48.9 Å². The summed E-state index contributed by atoms with van der Waals surface area (Å²) >= 11 is 0. The number of nitrogens with zero attached hydrogens (tertiary/aromatic N) is 6. The highest BCUT2D eigenvalue weighted by molar-refractivity contribution is 5.81. The van der Waals surface area contributed by atoms with Crippen molar-refractivity contribution in [3.8, 4) is 11.3 Å². The molecule has 2 N–H and O–H groups in total. The monoisotopic (exact) mass is 490 g/mol. The van der Waals surface area contributed by atoms with Gasteiger partial charge in [0.1, 0.15) is 18.0 Å². The number of aromatic amines is 1. The number of aromatic nitrogens is 5. The molecule has 2 aliphatic rings. The summed E-state index contributed by atoms with van der Waals surface area (Å²) < 4.78 is 26.5. The first-order chi connectivity index (χ1) is 17.4. The molecule has 4 aromatic rings. The zero-order valence-electron chi connectivity index (χ0n) is 20.1. The van der Waals surface area contributed by atoms with Gasteiger partial charge in [-0.2, -0.15) is 0 Å². The highest BCUT2D eigenvalue weighted by Crippen LogP contribution is 2.32. The zero-order chi connectivity index (χ0) is 24.7. The van der Waals surface area contributed by atoms with Gasteiger partial charge in [-0.1, -0.05) is 6.07 Å². The summed E-state index contributed by atoms with van der Waals surface area (Å²) in [5.74, 6) is -1.29. The average Bonchev–Trinajstić information content (AvgIpc) is 3.29. The van der Waals surface area contributed by atoms with Crippen molar-refractivity contribution in [3.63, 3.8) is 0 Å². The lowest BCUT2D eigenvalue weighted by molar-refractivity contribution is -0.0267. The molecule has 2 aliphatic heterocycles. The smallest absolute Gasteiger partial charge is 0.282 e. The van der Waals surface area contributed by atoms with Crippen LogP contribution in [0.1, 0.15) is 30.0 Å². The molecule has 1 aromatic carbocycles. The number of halogens is 2. The lowest BCUT2D eigenvalue weighted by atomic mass is 10.1. The molecule has 1 atom stereocenters. The standard InChI is InChI=1S/C26H28F2N8/c1-17(35-8-6-29-7-9-35)18-4-5-30-20(10-18)12-24-33-21-3-2-19(11-23(21)34-24)22-13-25(32-16-31-22)36-14-26(27,28)15-36/h2-5,10-11,13,16-17,29H,6-9,12,14-15H2,1H3,(H,33,34). The molecule has 1 unspecified atom stereocenters. The minimum absolute atomic E-state index is 0.310. The van der Waals surface area contributed by atoms with E-state index in [0.29, 0.717) is 24.0 Å². The van der Waals surface area contributed by atoms with E-state index in [4.69, 9.17) is 4.98 Å². The minimum Gasteiger partial charge on any atom is -0.344 e. The Balaban J connectivity index is 1.20. The first kappa shape index (κ1) is 22.9. The number of piperazine rings is 1. The number of imidazole rings is 1. The van der Waals surface area contributed by atoms with Crippen molar-refractivity contribution in [3.05, 3.63) is 66.0 Å². The molecule has 0 bridgehead atoms. The summed E-state index contributed by atoms with van der Waals surface area (Å²) in [6, 6.07) is 12.2. The summed E-state index contributed by atoms with van der Waals surface area (Å²) in [5, 5.41) is 3.41. The first-order valence-electron chi connectivity index (χ1n) is 12.3. The van der Waals surface area contributed by atoms with Gasteiger partial charge in [0.2, 0.25) is 0 Å². The van der Waals surface area contributed by atoms with E-state index in [2.05, 4.69) is 49.2 Å². The summed E-state index contributed by atoms with van der Waals surface area (Å²) in [6.45, 7) is 5.76. The maximum Gasteiger partial charge on any atom is 0.282 e. The molecule has 0 saturated carbocycles. The molecule has 5 heterocycles. The first-order valence-corrected chi connectivity index (χ1v) is 12.3. The number of nitrogens with one attached hydrogen (secondary N) is 2. The van der Waals surface area contributed by atoms with E-state index in [1.54, 1.807) is 11.0 Å². The van der Waals surface area contributed by atoms with Gasteiger partial charge in [-0.25, -0.2) is 23.7 Å². The number of pyridine rings is 1. The minimum atomic E-state index is -2.65. The summed E-state index contributed by atoms with van der Waals surface area (Å²) in [6.07, 6.45) is 3.90. The largest absolute Gasteiger partial charge is 0.344 e. The second kappa shape index (κ2) is 9.18. The van der Waals surface area contributed by atoms with Crippen LogP contribution in [-0.4, -0.2) is 75.0 Å². The van der Waals surface area contributed by atoms with Crippen LogP contribution >= 0.6 is 0 Å². The van der Waals surface area contributed by atoms with Crippen molar-refractivity contribution in [1.29, 1.82) is 0 Å². The molecule has 0 spiro atoms. The molecule has 10 heteroatoms. The Labute approximate surface area is 207 Å². The lowest BCUT2D eigenvalue weighted by Crippen LogP contribution is -2.56. The van der Waals surface area contributed by atoms with E-state index in [1.807, 2.05) is 24.4 Å². The van der Waals surface area contributed by atoms with Crippen LogP contribution in [0.5, 0.6) is 0 Å². The van der Waals surface area contributed by atoms with Crippen LogP contribution in [0.25, 0.3) is 22.3 Å². The van der Waals surface area contributed by atoms with Gasteiger partial charge in [0.05, 0.1) is 29.8 Å². The van der Waals surface area contributed by atoms with E-state index in [-0.39, 0.29) is 13.1 Å². The fraction of sp³-hybridized carbons (Fsp3) is 0.385. The molecule has 8 nitrogen and oxygen atoms in total. The highest BCUT2D eigenvalue weighted by atomic mass is 19.3. The number of fused-ring (bicyclic) bond motifs is 1. The van der Waals surface area contributed by atoms with Crippen LogP contribution in [0.2, 0.25) is 0 Å². The predicted molar refractivity (Wildman–Crippen MR) is 134 cm³/mol. The van der Waals surface area contributed by atoms with Crippen LogP contribution in [0.4, 0.5) is 14.6 Å². The van der Waals surface area contributed by atoms with Gasteiger partial charge in [-0.05, 0) is 36.8 Å². The normalized spacial score (nSPS) is 18.8. The molecular formula is C26H28F2N8. The van der Waals surface area contributed by atoms with Gasteiger partial charge in [0.25, 0.3) is 5.92 Å². The molecule has 2 fully saturated rings. The lowest BCUT2D eigenvalue weighted by Gasteiger charge is -2.39. The molecule has 0 amide bonds. The Hall–Kier alpha value is -3.50. The second-order valence-corrected chi connectivity index (χ2v) is 9.61. The zero-order valence-corrected chi connectivity index (χ0v) is 20.1. The number of alkyl halides is 2. The fourth-order valence-electron chi connectivity index (χ4n) is 4.96. The molecule has 0 aliphatic carbocycles. The van der Waals surface area contributed by atoms with Gasteiger partial charge in [0, 0.05) is 62.2 Å². The third-order valence-corrected chi connectivity index (χ3v) is 7.02. The van der Waals surface area contributed by atoms with Crippen LogP contribution in [0, 0.1) is 0 Å². The molecule has 2 saturated heterocycles. The van der Waals surface area contributed by atoms with E-state index < -0.39 is 5.92 Å². The number of hydrogen-bond acceptors (Lipinski definition) is 7. The topological polar surface area (TPSA) is 85.9 Å². The van der Waals surface area contributed by atoms with Gasteiger partial charge in [-0.15, -0.1) is 0 Å². The molecule has 3 aromatic heterocycles. The van der Waals surface area contributed by atoms with Crippen LogP contribution in [-0.2, 0) is 6.42 Å². The van der Waals surface area contributed by atoms with E-state index in [9.17, 15) is 8.78 Å². The highest BCUT2D eigenvalue weighted by Gasteiger charge is 2.44. The number of rotatable bonds is 6. The van der Waals surface area contributed by atoms with Crippen molar-refractivity contribution in [2.75, 3.05) is 44.2 Å². The van der Waals surface area contributed by atoms with E-state index in [1.165, 1.54) is 11.9 Å². The Morgan fingerprint density at radius 1 is 1.03 bits per heavy atom. The Bertz CT molecular complexity index is 1370. The summed E-state index contributed by atoms with van der Waals surface area (Å²) in [5.41, 5.74) is 5.54. The molecule has 0 radical (unpaired) electrons. The third-order valence-electron chi connectivity index (χ3n) is 7.02. The molecular weight excluding hydrogens is 462 g/mol. The van der Waals surface area contributed by atoms with Crippen LogP contribution < -0.4 is 10.2 Å². The molecule has 36 heavy (non-hydrogen) atoms. The maximum absolute atomic E-state index is 13.3. The predicted octanol–water partition coefficient (Wildman–Crippen LogP) is 3.43. The van der Waals surface area contributed by atoms with E-state index in [0.717, 1.165) is 54.3 Å². The summed E-state index contributed by atoms with van der Waals surface area (Å²) in [7, 11) is 0. The fourth-order valence-corrected chi connectivity index (χ4v) is 4.96. The van der Waals surface area contributed by atoms with Crippen molar-refractivity contribution in [2.24, 2.45) is 0 Å². The van der Waals surface area contributed by atoms with Crippen molar-refractivity contribution >= 4 is 16.9 Å². The third kappa shape index (κ3) is 4.66. The number of H-pyrrole nitrogens is 1. The van der Waals surface area contributed by atoms with Crippen LogP contribution in [0.3, 0.4) is 0 Å². The Morgan fingerprint density at radius 3 is 2.67 bits per heavy atom. The van der Waals surface area contributed by atoms with E-state index >= 15 is 0 Å². The summed E-state index contributed by atoms with van der Waals surface area (Å²) in [4.78, 5) is 25.3. The number of anilines is 1. The maximum atomic E-state index is 13.3. The van der Waals surface area contributed by atoms with Gasteiger partial charge in [-0.3, -0.25) is 9.88 Å².